The van der Waals surface area contributed by atoms with Gasteiger partial charge in [0, 0.05) is 10.6 Å². The summed E-state index contributed by atoms with van der Waals surface area (Å²) in [7, 11) is -3.93. The first-order valence-corrected chi connectivity index (χ1v) is 10.9. The third-order valence-electron chi connectivity index (χ3n) is 4.70. The smallest absolute Gasteiger partial charge is 0.242 e. The fourth-order valence-electron chi connectivity index (χ4n) is 3.27. The van der Waals surface area contributed by atoms with E-state index in [0.29, 0.717) is 17.9 Å². The van der Waals surface area contributed by atoms with E-state index in [1.165, 1.54) is 24.3 Å². The van der Waals surface area contributed by atoms with Crippen LogP contribution in [0.15, 0.2) is 29.2 Å². The normalized spacial score (nSPS) is 18.0. The van der Waals surface area contributed by atoms with Crippen molar-refractivity contribution in [2.75, 3.05) is 0 Å². The summed E-state index contributed by atoms with van der Waals surface area (Å²) >= 11 is 5.86. The summed E-state index contributed by atoms with van der Waals surface area (Å²) in [5.74, 6) is -0.973. The van der Waals surface area contributed by atoms with Crippen LogP contribution in [-0.4, -0.2) is 36.6 Å². The molecule has 0 saturated heterocycles. The highest BCUT2D eigenvalue weighted by Gasteiger charge is 2.53. The van der Waals surface area contributed by atoms with Gasteiger partial charge in [-0.25, -0.2) is 8.42 Å². The second-order valence-electron chi connectivity index (χ2n) is 8.09. The third-order valence-corrected chi connectivity index (χ3v) is 7.47. The number of carbonyl (C=O) groups is 2. The zero-order valence-electron chi connectivity index (χ0n) is 16.1. The van der Waals surface area contributed by atoms with Gasteiger partial charge in [0.2, 0.25) is 11.8 Å². The minimum Gasteiger partial charge on any atom is -0.350 e. The number of sulfone groups is 1. The number of hydrogen-bond acceptors (Lipinski definition) is 4. The summed E-state index contributed by atoms with van der Waals surface area (Å²) in [6.07, 6.45) is 1.75. The van der Waals surface area contributed by atoms with E-state index in [1.807, 2.05) is 20.8 Å². The van der Waals surface area contributed by atoms with Crippen LogP contribution in [0.2, 0.25) is 5.02 Å². The van der Waals surface area contributed by atoms with Crippen LogP contribution < -0.4 is 10.6 Å². The van der Waals surface area contributed by atoms with Crippen molar-refractivity contribution < 1.29 is 18.0 Å². The molecule has 150 valence electrons. The molecule has 1 atom stereocenters. The average molecular weight is 415 g/mol. The van der Waals surface area contributed by atoms with Crippen molar-refractivity contribution in [3.63, 3.8) is 0 Å². The molecular weight excluding hydrogens is 388 g/mol. The zero-order chi connectivity index (χ0) is 20.5. The molecule has 1 fully saturated rings. The van der Waals surface area contributed by atoms with E-state index in [0.717, 1.165) is 0 Å². The molecule has 0 heterocycles. The van der Waals surface area contributed by atoms with Gasteiger partial charge in [-0.15, -0.1) is 0 Å². The monoisotopic (exact) mass is 414 g/mol. The molecule has 0 aromatic heterocycles. The van der Waals surface area contributed by atoms with Crippen molar-refractivity contribution in [2.45, 2.75) is 74.6 Å². The number of benzene rings is 1. The van der Waals surface area contributed by atoms with Gasteiger partial charge >= 0.3 is 0 Å². The molecule has 0 radical (unpaired) electrons. The Labute approximate surface area is 166 Å². The third kappa shape index (κ3) is 4.63. The van der Waals surface area contributed by atoms with Crippen molar-refractivity contribution in [3.05, 3.63) is 29.3 Å². The first-order valence-electron chi connectivity index (χ1n) is 9.02. The molecule has 2 rings (SSSR count). The molecule has 6 nitrogen and oxygen atoms in total. The Bertz CT molecular complexity index is 807. The Balaban J connectivity index is 2.29. The minimum absolute atomic E-state index is 0.0655. The Morgan fingerprint density at radius 3 is 2.11 bits per heavy atom. The summed E-state index contributed by atoms with van der Waals surface area (Å²) in [6.45, 7) is 7.06. The van der Waals surface area contributed by atoms with Crippen LogP contribution in [0.4, 0.5) is 0 Å². The average Bonchev–Trinajstić information content (AvgIpc) is 3.05. The van der Waals surface area contributed by atoms with E-state index in [1.54, 1.807) is 6.92 Å². The number of halogens is 1. The van der Waals surface area contributed by atoms with Gasteiger partial charge in [-0.3, -0.25) is 9.59 Å². The number of carbonyl (C=O) groups excluding carboxylic acids is 2. The topological polar surface area (TPSA) is 92.3 Å². The minimum atomic E-state index is -3.93. The first-order chi connectivity index (χ1) is 12.4. The summed E-state index contributed by atoms with van der Waals surface area (Å²) < 4.78 is 25.0. The van der Waals surface area contributed by atoms with E-state index in [4.69, 9.17) is 11.6 Å². The molecule has 8 heteroatoms. The Morgan fingerprint density at radius 1 is 1.11 bits per heavy atom. The molecular formula is C19H27ClN2O4S. The van der Waals surface area contributed by atoms with Gasteiger partial charge in [0.15, 0.2) is 14.6 Å². The van der Waals surface area contributed by atoms with Crippen molar-refractivity contribution in [1.29, 1.82) is 0 Å². The largest absolute Gasteiger partial charge is 0.350 e. The van der Waals surface area contributed by atoms with E-state index in [9.17, 15) is 18.0 Å². The van der Waals surface area contributed by atoms with Gasteiger partial charge in [0.05, 0.1) is 4.90 Å². The van der Waals surface area contributed by atoms with Crippen molar-refractivity contribution in [1.82, 2.24) is 10.6 Å². The van der Waals surface area contributed by atoms with Gasteiger partial charge in [-0.05, 0) is 64.8 Å². The molecule has 1 aliphatic carbocycles. The Hall–Kier alpha value is -1.60. The maximum absolute atomic E-state index is 13.3. The highest BCUT2D eigenvalue weighted by Crippen LogP contribution is 2.41. The van der Waals surface area contributed by atoms with Gasteiger partial charge in [0.25, 0.3) is 0 Å². The SMILES string of the molecule is CC(NC(=O)C1(S(=O)(=O)c2ccc(Cl)cc2)CCCC1)C(=O)NC(C)(C)C. The molecule has 2 amide bonds. The molecule has 0 spiro atoms. The quantitative estimate of drug-likeness (QED) is 0.774. The fraction of sp³-hybridized carbons (Fsp3) is 0.579. The van der Waals surface area contributed by atoms with Crippen LogP contribution in [0.5, 0.6) is 0 Å². The van der Waals surface area contributed by atoms with Gasteiger partial charge < -0.3 is 10.6 Å². The molecule has 1 aromatic carbocycles. The second-order valence-corrected chi connectivity index (χ2v) is 10.8. The van der Waals surface area contributed by atoms with Gasteiger partial charge in [0.1, 0.15) is 6.04 Å². The van der Waals surface area contributed by atoms with Crippen molar-refractivity contribution in [3.8, 4) is 0 Å². The van der Waals surface area contributed by atoms with Crippen LogP contribution in [0, 0.1) is 0 Å². The van der Waals surface area contributed by atoms with Gasteiger partial charge in [-0.1, -0.05) is 24.4 Å². The lowest BCUT2D eigenvalue weighted by Crippen LogP contribution is -2.57. The maximum atomic E-state index is 13.3. The van der Waals surface area contributed by atoms with E-state index in [2.05, 4.69) is 10.6 Å². The van der Waals surface area contributed by atoms with E-state index in [-0.39, 0.29) is 23.6 Å². The standard InChI is InChI=1S/C19H27ClN2O4S/c1-13(16(23)22-18(2,3)4)21-17(24)19(11-5-6-12-19)27(25,26)15-9-7-14(20)8-10-15/h7-10,13H,5-6,11-12H2,1-4H3,(H,21,24)(H,22,23). The Kier molecular flexibility index (Phi) is 6.26. The van der Waals surface area contributed by atoms with Gasteiger partial charge in [-0.2, -0.15) is 0 Å². The summed E-state index contributed by atoms with van der Waals surface area (Å²) in [6, 6.07) is 4.99. The van der Waals surface area contributed by atoms with Crippen LogP contribution in [0.25, 0.3) is 0 Å². The molecule has 0 bridgehead atoms. The highest BCUT2D eigenvalue weighted by molar-refractivity contribution is 7.93. The van der Waals surface area contributed by atoms with E-state index >= 15 is 0 Å². The number of nitrogens with one attached hydrogen (secondary N) is 2. The Morgan fingerprint density at radius 2 is 1.63 bits per heavy atom. The molecule has 1 saturated carbocycles. The fourth-order valence-corrected chi connectivity index (χ4v) is 5.48. The van der Waals surface area contributed by atoms with Crippen LogP contribution in [0.1, 0.15) is 53.4 Å². The maximum Gasteiger partial charge on any atom is 0.242 e. The molecule has 1 aliphatic rings. The molecule has 2 N–H and O–H groups in total. The second kappa shape index (κ2) is 7.80. The summed E-state index contributed by atoms with van der Waals surface area (Å²) in [5.41, 5.74) is -0.448. The highest BCUT2D eigenvalue weighted by atomic mass is 35.5. The van der Waals surface area contributed by atoms with Crippen molar-refractivity contribution in [2.24, 2.45) is 0 Å². The molecule has 0 aliphatic heterocycles. The van der Waals surface area contributed by atoms with Crippen molar-refractivity contribution >= 4 is 33.3 Å². The van der Waals surface area contributed by atoms with Crippen LogP contribution >= 0.6 is 11.6 Å². The van der Waals surface area contributed by atoms with E-state index < -0.39 is 32.1 Å². The molecule has 1 aromatic rings. The molecule has 27 heavy (non-hydrogen) atoms. The predicted octanol–water partition coefficient (Wildman–Crippen LogP) is 2.85. The lowest BCUT2D eigenvalue weighted by Gasteiger charge is -2.30. The first kappa shape index (κ1) is 21.7. The summed E-state index contributed by atoms with van der Waals surface area (Å²) in [5, 5.41) is 5.82. The number of hydrogen-bond donors (Lipinski definition) is 2. The molecule has 1 unspecified atom stereocenters. The lowest BCUT2D eigenvalue weighted by molar-refractivity contribution is -0.130. The zero-order valence-corrected chi connectivity index (χ0v) is 17.7. The predicted molar refractivity (Wildman–Crippen MR) is 105 cm³/mol. The number of rotatable bonds is 5. The van der Waals surface area contributed by atoms with Crippen LogP contribution in [-0.2, 0) is 19.4 Å². The lowest BCUT2D eigenvalue weighted by atomic mass is 10.1. The number of amides is 2. The summed E-state index contributed by atoms with van der Waals surface area (Å²) in [4.78, 5) is 25.4. The van der Waals surface area contributed by atoms with Crippen LogP contribution in [0.3, 0.4) is 0 Å².